The quantitative estimate of drug-likeness (QED) is 0.670. The highest BCUT2D eigenvalue weighted by atomic mass is 79.9. The highest BCUT2D eigenvalue weighted by Gasteiger charge is 2.11. The van der Waals surface area contributed by atoms with E-state index < -0.39 is 0 Å². The summed E-state index contributed by atoms with van der Waals surface area (Å²) in [5, 5.41) is 0.822. The Hall–Kier alpha value is -1.53. The summed E-state index contributed by atoms with van der Waals surface area (Å²) in [5.74, 6) is -0.366. The minimum atomic E-state index is -0.366. The lowest BCUT2D eigenvalue weighted by Crippen LogP contribution is -2.05. The predicted octanol–water partition coefficient (Wildman–Crippen LogP) is 3.75. The number of pyridine rings is 1. The van der Waals surface area contributed by atoms with Crippen LogP contribution in [0.25, 0.3) is 0 Å². The third kappa shape index (κ3) is 3.52. The summed E-state index contributed by atoms with van der Waals surface area (Å²) in [6, 6.07) is 8.89. The number of hydrogen-bond acceptors (Lipinski definition) is 5. The third-order valence-corrected chi connectivity index (χ3v) is 4.46. The number of halogens is 1. The topological polar surface area (TPSA) is 65.2 Å². The highest BCUT2D eigenvalue weighted by molar-refractivity contribution is 9.10. The van der Waals surface area contributed by atoms with Crippen LogP contribution in [0.15, 0.2) is 50.9 Å². The Balaban J connectivity index is 2.22. The van der Waals surface area contributed by atoms with Gasteiger partial charge in [0, 0.05) is 16.8 Å². The fraction of sp³-hybridized carbons (Fsp3) is 0.143. The maximum absolute atomic E-state index is 11.6. The van der Waals surface area contributed by atoms with Gasteiger partial charge in [-0.2, -0.15) is 0 Å². The molecule has 0 aliphatic rings. The lowest BCUT2D eigenvalue weighted by molar-refractivity contribution is 0.0526. The lowest BCUT2D eigenvalue weighted by Gasteiger charge is -2.08. The SMILES string of the molecule is CCOC(=O)c1ccc(Sc2ncccc2Br)c(N)c1. The van der Waals surface area contributed by atoms with Gasteiger partial charge in [0.25, 0.3) is 0 Å². The molecule has 0 radical (unpaired) electrons. The molecular formula is C14H13BrN2O2S. The second-order valence-electron chi connectivity index (χ2n) is 3.87. The van der Waals surface area contributed by atoms with E-state index in [0.717, 1.165) is 14.4 Å². The van der Waals surface area contributed by atoms with Gasteiger partial charge in [0.05, 0.1) is 16.6 Å². The number of nitrogens with two attached hydrogens (primary N) is 1. The van der Waals surface area contributed by atoms with Gasteiger partial charge in [-0.15, -0.1) is 0 Å². The molecule has 0 atom stereocenters. The summed E-state index contributed by atoms with van der Waals surface area (Å²) in [4.78, 5) is 16.7. The summed E-state index contributed by atoms with van der Waals surface area (Å²) in [6.45, 7) is 2.11. The van der Waals surface area contributed by atoms with E-state index in [0.29, 0.717) is 17.9 Å². The zero-order chi connectivity index (χ0) is 14.5. The standard InChI is InChI=1S/C14H13BrN2O2S/c1-2-19-14(18)9-5-6-12(11(16)8-9)20-13-10(15)4-3-7-17-13/h3-8H,2,16H2,1H3. The maximum atomic E-state index is 11.6. The van der Waals surface area contributed by atoms with Crippen LogP contribution in [0.2, 0.25) is 0 Å². The number of ether oxygens (including phenoxy) is 1. The molecule has 0 amide bonds. The van der Waals surface area contributed by atoms with Crippen LogP contribution in [0.1, 0.15) is 17.3 Å². The molecule has 4 nitrogen and oxygen atoms in total. The number of anilines is 1. The minimum Gasteiger partial charge on any atom is -0.462 e. The second-order valence-corrected chi connectivity index (χ2v) is 5.75. The summed E-state index contributed by atoms with van der Waals surface area (Å²) in [5.41, 5.74) is 6.96. The molecule has 2 aromatic rings. The first-order valence-electron chi connectivity index (χ1n) is 5.97. The normalized spacial score (nSPS) is 10.3. The molecule has 20 heavy (non-hydrogen) atoms. The van der Waals surface area contributed by atoms with Crippen LogP contribution in [0.4, 0.5) is 5.69 Å². The maximum Gasteiger partial charge on any atom is 0.338 e. The number of nitrogen functional groups attached to an aromatic ring is 1. The average Bonchev–Trinajstić information content (AvgIpc) is 2.43. The molecule has 1 aromatic heterocycles. The number of aromatic nitrogens is 1. The number of hydrogen-bond donors (Lipinski definition) is 1. The van der Waals surface area contributed by atoms with Crippen LogP contribution in [0.3, 0.4) is 0 Å². The Morgan fingerprint density at radius 1 is 1.45 bits per heavy atom. The molecule has 0 fully saturated rings. The van der Waals surface area contributed by atoms with E-state index in [1.807, 2.05) is 12.1 Å². The second kappa shape index (κ2) is 6.76. The molecule has 1 heterocycles. The minimum absolute atomic E-state index is 0.343. The van der Waals surface area contributed by atoms with Crippen molar-refractivity contribution in [1.82, 2.24) is 4.98 Å². The molecule has 2 rings (SSSR count). The number of carbonyl (C=O) groups is 1. The van der Waals surface area contributed by atoms with Crippen LogP contribution in [-0.2, 0) is 4.74 Å². The average molecular weight is 353 g/mol. The predicted molar refractivity (Wildman–Crippen MR) is 82.9 cm³/mol. The van der Waals surface area contributed by atoms with Gasteiger partial charge < -0.3 is 10.5 Å². The Bertz CT molecular complexity index is 634. The number of nitrogens with zero attached hydrogens (tertiary/aromatic N) is 1. The molecule has 0 saturated heterocycles. The number of carbonyl (C=O) groups excluding carboxylic acids is 1. The van der Waals surface area contributed by atoms with Crippen molar-refractivity contribution in [2.75, 3.05) is 12.3 Å². The first-order chi connectivity index (χ1) is 9.61. The molecule has 1 aromatic carbocycles. The molecule has 0 bridgehead atoms. The van der Waals surface area contributed by atoms with Crippen molar-refractivity contribution in [3.63, 3.8) is 0 Å². The van der Waals surface area contributed by atoms with Gasteiger partial charge in [0.1, 0.15) is 5.03 Å². The van der Waals surface area contributed by atoms with Crippen LogP contribution in [0, 0.1) is 0 Å². The van der Waals surface area contributed by atoms with E-state index in [9.17, 15) is 4.79 Å². The Labute approximate surface area is 129 Å². The van der Waals surface area contributed by atoms with Gasteiger partial charge in [-0.1, -0.05) is 11.8 Å². The van der Waals surface area contributed by atoms with E-state index in [4.69, 9.17) is 10.5 Å². The van der Waals surface area contributed by atoms with Crippen molar-refractivity contribution in [3.8, 4) is 0 Å². The fourth-order valence-electron chi connectivity index (χ4n) is 1.53. The van der Waals surface area contributed by atoms with Gasteiger partial charge in [0.15, 0.2) is 0 Å². The van der Waals surface area contributed by atoms with Gasteiger partial charge >= 0.3 is 5.97 Å². The largest absolute Gasteiger partial charge is 0.462 e. The summed E-state index contributed by atoms with van der Waals surface area (Å²) < 4.78 is 5.84. The van der Waals surface area contributed by atoms with Crippen LogP contribution in [0.5, 0.6) is 0 Å². The van der Waals surface area contributed by atoms with Gasteiger partial charge in [-0.25, -0.2) is 9.78 Å². The van der Waals surface area contributed by atoms with Crippen molar-refractivity contribution in [1.29, 1.82) is 0 Å². The summed E-state index contributed by atoms with van der Waals surface area (Å²) in [6.07, 6.45) is 1.72. The molecule has 2 N–H and O–H groups in total. The van der Waals surface area contributed by atoms with Crippen LogP contribution < -0.4 is 5.73 Å². The van der Waals surface area contributed by atoms with Crippen molar-refractivity contribution < 1.29 is 9.53 Å². The monoisotopic (exact) mass is 352 g/mol. The molecule has 0 spiro atoms. The Kier molecular flexibility index (Phi) is 5.03. The molecule has 104 valence electrons. The van der Waals surface area contributed by atoms with E-state index in [2.05, 4.69) is 20.9 Å². The van der Waals surface area contributed by atoms with Gasteiger partial charge in [0.2, 0.25) is 0 Å². The van der Waals surface area contributed by atoms with Gasteiger partial charge in [-0.05, 0) is 53.2 Å². The van der Waals surface area contributed by atoms with Crippen molar-refractivity contribution >= 4 is 39.3 Å². The first-order valence-corrected chi connectivity index (χ1v) is 7.57. The van der Waals surface area contributed by atoms with E-state index in [1.165, 1.54) is 11.8 Å². The van der Waals surface area contributed by atoms with Crippen molar-refractivity contribution in [2.24, 2.45) is 0 Å². The molecule has 0 unspecified atom stereocenters. The van der Waals surface area contributed by atoms with Crippen LogP contribution in [-0.4, -0.2) is 17.6 Å². The van der Waals surface area contributed by atoms with Crippen molar-refractivity contribution in [3.05, 3.63) is 46.6 Å². The Morgan fingerprint density at radius 2 is 2.25 bits per heavy atom. The van der Waals surface area contributed by atoms with E-state index in [-0.39, 0.29) is 5.97 Å². The molecule has 0 saturated carbocycles. The molecule has 0 aliphatic carbocycles. The number of rotatable bonds is 4. The molecule has 6 heteroatoms. The van der Waals surface area contributed by atoms with Crippen LogP contribution >= 0.6 is 27.7 Å². The van der Waals surface area contributed by atoms with E-state index >= 15 is 0 Å². The van der Waals surface area contributed by atoms with Gasteiger partial charge in [-0.3, -0.25) is 0 Å². The fourth-order valence-corrected chi connectivity index (χ4v) is 2.83. The zero-order valence-electron chi connectivity index (χ0n) is 10.8. The van der Waals surface area contributed by atoms with Crippen molar-refractivity contribution in [2.45, 2.75) is 16.8 Å². The smallest absolute Gasteiger partial charge is 0.338 e. The highest BCUT2D eigenvalue weighted by Crippen LogP contribution is 2.35. The Morgan fingerprint density at radius 3 is 2.90 bits per heavy atom. The summed E-state index contributed by atoms with van der Waals surface area (Å²) in [7, 11) is 0. The number of benzene rings is 1. The molecular weight excluding hydrogens is 340 g/mol. The third-order valence-electron chi connectivity index (χ3n) is 2.45. The summed E-state index contributed by atoms with van der Waals surface area (Å²) >= 11 is 4.88. The first kappa shape index (κ1) is 14.9. The number of esters is 1. The lowest BCUT2D eigenvalue weighted by atomic mass is 10.2. The zero-order valence-corrected chi connectivity index (χ0v) is 13.2. The molecule has 0 aliphatic heterocycles. The van der Waals surface area contributed by atoms with E-state index in [1.54, 1.807) is 31.3 Å².